The Hall–Kier alpha value is -1.61. The molecule has 5 nitrogen and oxygen atoms in total. The van der Waals surface area contributed by atoms with Crippen LogP contribution in [0.4, 0.5) is 18.3 Å². The molecule has 1 fully saturated rings. The van der Waals surface area contributed by atoms with Crippen LogP contribution in [0.3, 0.4) is 0 Å². The molecule has 0 saturated heterocycles. The van der Waals surface area contributed by atoms with E-state index in [1.54, 1.807) is 0 Å². The first-order valence-electron chi connectivity index (χ1n) is 7.30. The molecule has 2 heterocycles. The smallest absolute Gasteiger partial charge is 0.396 e. The minimum Gasteiger partial charge on any atom is -0.396 e. The van der Waals surface area contributed by atoms with Crippen LogP contribution in [0.5, 0.6) is 0 Å². The summed E-state index contributed by atoms with van der Waals surface area (Å²) in [5, 5.41) is 15.3. The SMILES string of the molecule is CN(c1nc(Cn2cc(CCO)c(C(F)(F)F)n2)cs1)C1CC1. The van der Waals surface area contributed by atoms with Crippen molar-refractivity contribution in [3.63, 3.8) is 0 Å². The molecule has 0 amide bonds. The summed E-state index contributed by atoms with van der Waals surface area (Å²) < 4.78 is 40.1. The van der Waals surface area contributed by atoms with Gasteiger partial charge in [0.1, 0.15) is 0 Å². The molecule has 0 aromatic carbocycles. The molecule has 0 radical (unpaired) electrons. The minimum atomic E-state index is -4.52. The first-order valence-corrected chi connectivity index (χ1v) is 8.18. The summed E-state index contributed by atoms with van der Waals surface area (Å²) >= 11 is 1.48. The number of aliphatic hydroxyl groups is 1. The van der Waals surface area contributed by atoms with E-state index in [2.05, 4.69) is 15.0 Å². The van der Waals surface area contributed by atoms with Gasteiger partial charge in [-0.15, -0.1) is 11.3 Å². The average molecular weight is 346 g/mol. The lowest BCUT2D eigenvalue weighted by molar-refractivity contribution is -0.142. The molecular formula is C14H17F3N4OS. The quantitative estimate of drug-likeness (QED) is 0.873. The lowest BCUT2D eigenvalue weighted by atomic mass is 10.2. The maximum Gasteiger partial charge on any atom is 0.435 e. The number of halogens is 3. The second-order valence-electron chi connectivity index (χ2n) is 5.64. The Kier molecular flexibility index (Phi) is 4.33. The fourth-order valence-corrected chi connectivity index (χ4v) is 3.25. The van der Waals surface area contributed by atoms with Gasteiger partial charge in [-0.1, -0.05) is 0 Å². The molecule has 2 aromatic heterocycles. The fraction of sp³-hybridized carbons (Fsp3) is 0.571. The first-order chi connectivity index (χ1) is 10.9. The third-order valence-electron chi connectivity index (χ3n) is 3.75. The number of nitrogens with zero attached hydrogens (tertiary/aromatic N) is 4. The molecule has 0 aliphatic heterocycles. The second-order valence-corrected chi connectivity index (χ2v) is 6.47. The summed E-state index contributed by atoms with van der Waals surface area (Å²) in [6.45, 7) is -0.161. The molecule has 0 unspecified atom stereocenters. The van der Waals surface area contributed by atoms with Crippen LogP contribution in [-0.2, 0) is 19.1 Å². The largest absolute Gasteiger partial charge is 0.435 e. The predicted octanol–water partition coefficient (Wildman–Crippen LogP) is 2.54. The lowest BCUT2D eigenvalue weighted by Gasteiger charge is -2.13. The van der Waals surface area contributed by atoms with Crippen LogP contribution in [0.25, 0.3) is 0 Å². The number of aromatic nitrogens is 3. The van der Waals surface area contributed by atoms with E-state index in [1.807, 2.05) is 12.4 Å². The summed E-state index contributed by atoms with van der Waals surface area (Å²) in [6.07, 6.45) is -0.937. The molecule has 1 N–H and O–H groups in total. The average Bonchev–Trinajstić information content (AvgIpc) is 3.09. The van der Waals surface area contributed by atoms with Crippen LogP contribution < -0.4 is 4.90 Å². The molecule has 0 atom stereocenters. The van der Waals surface area contributed by atoms with Gasteiger partial charge < -0.3 is 10.0 Å². The molecule has 23 heavy (non-hydrogen) atoms. The van der Waals surface area contributed by atoms with Crippen LogP contribution in [0.15, 0.2) is 11.6 Å². The van der Waals surface area contributed by atoms with Gasteiger partial charge in [0.25, 0.3) is 0 Å². The molecule has 2 aromatic rings. The van der Waals surface area contributed by atoms with E-state index in [0.717, 1.165) is 18.0 Å². The van der Waals surface area contributed by atoms with E-state index in [1.165, 1.54) is 22.2 Å². The Bertz CT molecular complexity index is 678. The van der Waals surface area contributed by atoms with Crippen molar-refractivity contribution in [2.45, 2.75) is 38.0 Å². The monoisotopic (exact) mass is 346 g/mol. The first kappa shape index (κ1) is 16.3. The Morgan fingerprint density at radius 2 is 2.17 bits per heavy atom. The second kappa shape index (κ2) is 6.12. The van der Waals surface area contributed by atoms with Crippen molar-refractivity contribution in [1.82, 2.24) is 14.8 Å². The standard InChI is InChI=1S/C14H17F3N4OS/c1-20(11-2-3-11)13-18-10(8-23-13)7-21-6-9(4-5-22)12(19-21)14(15,16)17/h6,8,11,22H,2-5,7H2,1H3. The van der Waals surface area contributed by atoms with Gasteiger partial charge in [-0.05, 0) is 19.3 Å². The Morgan fingerprint density at radius 1 is 1.43 bits per heavy atom. The van der Waals surface area contributed by atoms with Gasteiger partial charge >= 0.3 is 6.18 Å². The molecule has 3 rings (SSSR count). The van der Waals surface area contributed by atoms with Gasteiger partial charge in [-0.3, -0.25) is 4.68 Å². The van der Waals surface area contributed by atoms with Crippen LogP contribution in [0.2, 0.25) is 0 Å². The molecule has 126 valence electrons. The van der Waals surface area contributed by atoms with Crippen LogP contribution in [0, 0.1) is 0 Å². The normalized spacial score (nSPS) is 15.2. The van der Waals surface area contributed by atoms with Crippen molar-refractivity contribution in [1.29, 1.82) is 0 Å². The van der Waals surface area contributed by atoms with Crippen LogP contribution in [-0.4, -0.2) is 39.6 Å². The number of hydrogen-bond acceptors (Lipinski definition) is 5. The zero-order valence-electron chi connectivity index (χ0n) is 12.5. The minimum absolute atomic E-state index is 0.00514. The fourth-order valence-electron chi connectivity index (χ4n) is 2.40. The van der Waals surface area contributed by atoms with E-state index in [9.17, 15) is 13.2 Å². The van der Waals surface area contributed by atoms with Crippen LogP contribution >= 0.6 is 11.3 Å². The number of alkyl halides is 3. The van der Waals surface area contributed by atoms with Gasteiger partial charge in [0, 0.05) is 36.8 Å². The maximum atomic E-state index is 13.0. The molecule has 1 saturated carbocycles. The topological polar surface area (TPSA) is 54.2 Å². The summed E-state index contributed by atoms with van der Waals surface area (Å²) in [5.74, 6) is 0. The highest BCUT2D eigenvalue weighted by Crippen LogP contribution is 2.33. The van der Waals surface area contributed by atoms with E-state index in [0.29, 0.717) is 11.7 Å². The van der Waals surface area contributed by atoms with Crippen molar-refractivity contribution in [2.24, 2.45) is 0 Å². The number of aliphatic hydroxyl groups excluding tert-OH is 1. The van der Waals surface area contributed by atoms with E-state index < -0.39 is 11.9 Å². The van der Waals surface area contributed by atoms with Crippen molar-refractivity contribution < 1.29 is 18.3 Å². The number of rotatable bonds is 6. The lowest BCUT2D eigenvalue weighted by Crippen LogP contribution is -2.19. The Balaban J connectivity index is 1.77. The summed E-state index contributed by atoms with van der Waals surface area (Å²) in [5.41, 5.74) is -0.244. The molecule has 0 bridgehead atoms. The third-order valence-corrected chi connectivity index (χ3v) is 4.73. The van der Waals surface area contributed by atoms with Crippen molar-refractivity contribution in [2.75, 3.05) is 18.6 Å². The molecule has 1 aliphatic rings. The summed E-state index contributed by atoms with van der Waals surface area (Å²) in [6, 6.07) is 0.534. The van der Waals surface area contributed by atoms with Gasteiger partial charge in [0.2, 0.25) is 0 Å². The zero-order chi connectivity index (χ0) is 16.6. The van der Waals surface area contributed by atoms with E-state index in [-0.39, 0.29) is 25.1 Å². The van der Waals surface area contributed by atoms with Gasteiger partial charge in [-0.2, -0.15) is 18.3 Å². The number of hydrogen-bond donors (Lipinski definition) is 1. The highest BCUT2D eigenvalue weighted by atomic mass is 32.1. The summed E-state index contributed by atoms with van der Waals surface area (Å²) in [7, 11) is 1.98. The molecule has 0 spiro atoms. The van der Waals surface area contributed by atoms with Gasteiger partial charge in [0.05, 0.1) is 12.2 Å². The van der Waals surface area contributed by atoms with Gasteiger partial charge in [0.15, 0.2) is 10.8 Å². The van der Waals surface area contributed by atoms with E-state index in [4.69, 9.17) is 5.11 Å². The van der Waals surface area contributed by atoms with E-state index >= 15 is 0 Å². The number of anilines is 1. The maximum absolute atomic E-state index is 13.0. The highest BCUT2D eigenvalue weighted by molar-refractivity contribution is 7.13. The Morgan fingerprint density at radius 3 is 2.78 bits per heavy atom. The molecule has 1 aliphatic carbocycles. The molecule has 9 heteroatoms. The molecular weight excluding hydrogens is 329 g/mol. The van der Waals surface area contributed by atoms with Crippen molar-refractivity contribution in [3.05, 3.63) is 28.5 Å². The van der Waals surface area contributed by atoms with Crippen LogP contribution in [0.1, 0.15) is 29.8 Å². The summed E-state index contributed by atoms with van der Waals surface area (Å²) in [4.78, 5) is 6.57. The Labute approximate surface area is 135 Å². The van der Waals surface area contributed by atoms with Crippen molar-refractivity contribution in [3.8, 4) is 0 Å². The van der Waals surface area contributed by atoms with Crippen molar-refractivity contribution >= 4 is 16.5 Å². The third kappa shape index (κ3) is 3.66. The number of thiazole rings is 1. The zero-order valence-corrected chi connectivity index (χ0v) is 13.4. The van der Waals surface area contributed by atoms with Gasteiger partial charge in [-0.25, -0.2) is 4.98 Å². The predicted molar refractivity (Wildman–Crippen MR) is 80.7 cm³/mol. The highest BCUT2D eigenvalue weighted by Gasteiger charge is 2.37.